The predicted octanol–water partition coefficient (Wildman–Crippen LogP) is 4.00. The van der Waals surface area contributed by atoms with Crippen LogP contribution in [0, 0.1) is 19.7 Å². The third-order valence-corrected chi connectivity index (χ3v) is 8.31. The normalized spacial score (nSPS) is 13.8. The summed E-state index contributed by atoms with van der Waals surface area (Å²) in [6, 6.07) is 16.1. The first-order chi connectivity index (χ1) is 18.1. The predicted molar refractivity (Wildman–Crippen MR) is 145 cm³/mol. The Balaban J connectivity index is 1.60. The molecule has 0 aromatic heterocycles. The zero-order valence-corrected chi connectivity index (χ0v) is 22.8. The zero-order valence-electron chi connectivity index (χ0n) is 22.0. The van der Waals surface area contributed by atoms with Crippen LogP contribution in [-0.2, 0) is 14.8 Å². The Labute approximate surface area is 223 Å². The number of hydrogen-bond donors (Lipinski definition) is 0. The van der Waals surface area contributed by atoms with Gasteiger partial charge >= 0.3 is 0 Å². The lowest BCUT2D eigenvalue weighted by Gasteiger charge is -2.37. The van der Waals surface area contributed by atoms with Crippen LogP contribution in [0.15, 0.2) is 65.6 Å². The molecule has 10 heteroatoms. The molecule has 0 radical (unpaired) electrons. The van der Waals surface area contributed by atoms with Crippen LogP contribution in [0.25, 0.3) is 0 Å². The van der Waals surface area contributed by atoms with Crippen molar-refractivity contribution in [3.05, 3.63) is 77.6 Å². The lowest BCUT2D eigenvalue weighted by molar-refractivity contribution is -0.129. The molecule has 1 aliphatic rings. The molecule has 1 fully saturated rings. The van der Waals surface area contributed by atoms with Crippen molar-refractivity contribution < 1.29 is 27.1 Å². The van der Waals surface area contributed by atoms with Crippen molar-refractivity contribution in [1.82, 2.24) is 4.90 Å². The van der Waals surface area contributed by atoms with Crippen LogP contribution in [-0.4, -0.2) is 66.2 Å². The van der Waals surface area contributed by atoms with E-state index in [-0.39, 0.29) is 28.9 Å². The third kappa shape index (κ3) is 5.85. The summed E-state index contributed by atoms with van der Waals surface area (Å²) in [6.45, 7) is 5.38. The number of nitrogens with zero attached hydrogens (tertiary/aromatic N) is 3. The number of aryl methyl sites for hydroxylation is 2. The van der Waals surface area contributed by atoms with Crippen LogP contribution in [0.4, 0.5) is 15.8 Å². The second-order valence-corrected chi connectivity index (χ2v) is 11.1. The van der Waals surface area contributed by atoms with E-state index in [9.17, 15) is 17.6 Å². The van der Waals surface area contributed by atoms with E-state index in [1.54, 1.807) is 29.2 Å². The van der Waals surface area contributed by atoms with Gasteiger partial charge in [0.05, 0.1) is 24.8 Å². The van der Waals surface area contributed by atoms with E-state index < -0.39 is 10.0 Å². The maximum atomic E-state index is 13.9. The summed E-state index contributed by atoms with van der Waals surface area (Å²) in [4.78, 5) is 17.2. The monoisotopic (exact) mass is 541 g/mol. The molecule has 0 bridgehead atoms. The number of halogens is 1. The molecule has 1 heterocycles. The molecule has 0 unspecified atom stereocenters. The van der Waals surface area contributed by atoms with Gasteiger partial charge in [-0.1, -0.05) is 6.07 Å². The summed E-state index contributed by atoms with van der Waals surface area (Å²) < 4.78 is 52.9. The minimum Gasteiger partial charge on any atom is -0.493 e. The lowest BCUT2D eigenvalue weighted by Crippen LogP contribution is -2.52. The number of hydrogen-bond acceptors (Lipinski definition) is 6. The van der Waals surface area contributed by atoms with E-state index in [1.165, 1.54) is 44.6 Å². The number of benzene rings is 3. The number of carbonyl (C=O) groups excluding carboxylic acids is 1. The van der Waals surface area contributed by atoms with E-state index in [0.29, 0.717) is 37.6 Å². The number of anilines is 2. The number of sulfonamides is 1. The SMILES string of the molecule is COc1ccc(S(=O)(=O)N(CC(=O)N2CCN(c3ccc(F)cc3)CC2)c2cc(C)cc(C)c2)cc1OC. The zero-order chi connectivity index (χ0) is 27.4. The van der Waals surface area contributed by atoms with Gasteiger partial charge in [-0.2, -0.15) is 0 Å². The first-order valence-corrected chi connectivity index (χ1v) is 13.7. The topological polar surface area (TPSA) is 79.4 Å². The quantitative estimate of drug-likeness (QED) is 0.429. The highest BCUT2D eigenvalue weighted by Crippen LogP contribution is 2.33. The summed E-state index contributed by atoms with van der Waals surface area (Å²) in [5, 5.41) is 0. The molecule has 38 heavy (non-hydrogen) atoms. The van der Waals surface area contributed by atoms with Crippen molar-refractivity contribution in [3.63, 3.8) is 0 Å². The standard InChI is InChI=1S/C28H32FN3O5S/c1-20-15-21(2)17-24(16-20)32(38(34,35)25-9-10-26(36-3)27(18-25)37-4)19-28(33)31-13-11-30(12-14-31)23-7-5-22(29)6-8-23/h5-10,15-18H,11-14,19H2,1-4H3. The Morgan fingerprint density at radius 1 is 0.868 bits per heavy atom. The summed E-state index contributed by atoms with van der Waals surface area (Å²) in [5.41, 5.74) is 3.06. The molecular weight excluding hydrogens is 509 g/mol. The highest BCUT2D eigenvalue weighted by molar-refractivity contribution is 7.92. The maximum Gasteiger partial charge on any atom is 0.264 e. The van der Waals surface area contributed by atoms with E-state index in [1.807, 2.05) is 19.9 Å². The van der Waals surface area contributed by atoms with Gasteiger partial charge in [-0.05, 0) is 73.5 Å². The number of piperazine rings is 1. The second kappa shape index (κ2) is 11.3. The number of rotatable bonds is 8. The average Bonchev–Trinajstić information content (AvgIpc) is 2.91. The maximum absolute atomic E-state index is 13.9. The molecule has 3 aromatic carbocycles. The van der Waals surface area contributed by atoms with Gasteiger partial charge < -0.3 is 19.3 Å². The van der Waals surface area contributed by atoms with E-state index in [2.05, 4.69) is 4.90 Å². The van der Waals surface area contributed by atoms with Crippen molar-refractivity contribution >= 4 is 27.3 Å². The van der Waals surface area contributed by atoms with Crippen LogP contribution >= 0.6 is 0 Å². The van der Waals surface area contributed by atoms with Crippen molar-refractivity contribution in [1.29, 1.82) is 0 Å². The molecule has 0 spiro atoms. The molecule has 0 N–H and O–H groups in total. The molecule has 3 aromatic rings. The highest BCUT2D eigenvalue weighted by Gasteiger charge is 2.31. The van der Waals surface area contributed by atoms with Gasteiger partial charge in [0.2, 0.25) is 5.91 Å². The van der Waals surface area contributed by atoms with Gasteiger partial charge in [0.25, 0.3) is 10.0 Å². The Bertz CT molecular complexity index is 1380. The fourth-order valence-corrected chi connectivity index (χ4v) is 6.02. The molecular formula is C28H32FN3O5S. The molecule has 0 aliphatic carbocycles. The van der Waals surface area contributed by atoms with Gasteiger partial charge in [-0.25, -0.2) is 12.8 Å². The van der Waals surface area contributed by atoms with Gasteiger partial charge in [0, 0.05) is 37.9 Å². The summed E-state index contributed by atoms with van der Waals surface area (Å²) in [7, 11) is -1.22. The number of methoxy groups -OCH3 is 2. The van der Waals surface area contributed by atoms with E-state index in [0.717, 1.165) is 21.1 Å². The van der Waals surface area contributed by atoms with Crippen LogP contribution in [0.1, 0.15) is 11.1 Å². The van der Waals surface area contributed by atoms with Crippen LogP contribution < -0.4 is 18.7 Å². The Kier molecular flexibility index (Phi) is 8.11. The fourth-order valence-electron chi connectivity index (χ4n) is 4.60. The Morgan fingerprint density at radius 2 is 1.47 bits per heavy atom. The third-order valence-electron chi connectivity index (χ3n) is 6.54. The van der Waals surface area contributed by atoms with Crippen LogP contribution in [0.3, 0.4) is 0 Å². The molecule has 1 amide bonds. The van der Waals surface area contributed by atoms with Crippen molar-refractivity contribution in [3.8, 4) is 11.5 Å². The minimum atomic E-state index is -4.13. The summed E-state index contributed by atoms with van der Waals surface area (Å²) >= 11 is 0. The van der Waals surface area contributed by atoms with E-state index in [4.69, 9.17) is 9.47 Å². The summed E-state index contributed by atoms with van der Waals surface area (Å²) in [6.07, 6.45) is 0. The van der Waals surface area contributed by atoms with Crippen molar-refractivity contribution in [2.75, 3.05) is 56.1 Å². The van der Waals surface area contributed by atoms with Crippen molar-refractivity contribution in [2.24, 2.45) is 0 Å². The molecule has 1 saturated heterocycles. The molecule has 202 valence electrons. The smallest absolute Gasteiger partial charge is 0.264 e. The number of carbonyl (C=O) groups is 1. The number of amides is 1. The van der Waals surface area contributed by atoms with Gasteiger partial charge in [-0.3, -0.25) is 9.10 Å². The number of ether oxygens (including phenoxy) is 2. The van der Waals surface area contributed by atoms with Crippen molar-refractivity contribution in [2.45, 2.75) is 18.7 Å². The fraction of sp³-hybridized carbons (Fsp3) is 0.321. The highest BCUT2D eigenvalue weighted by atomic mass is 32.2. The lowest BCUT2D eigenvalue weighted by atomic mass is 10.1. The Morgan fingerprint density at radius 3 is 2.05 bits per heavy atom. The van der Waals surface area contributed by atoms with Gasteiger partial charge in [0.15, 0.2) is 11.5 Å². The minimum absolute atomic E-state index is 0.0109. The van der Waals surface area contributed by atoms with Gasteiger partial charge in [0.1, 0.15) is 12.4 Å². The first-order valence-electron chi connectivity index (χ1n) is 12.2. The molecule has 0 saturated carbocycles. The first kappa shape index (κ1) is 27.3. The summed E-state index contributed by atoms with van der Waals surface area (Å²) in [5.74, 6) is 0.0772. The molecule has 0 atom stereocenters. The average molecular weight is 542 g/mol. The van der Waals surface area contributed by atoms with Crippen LogP contribution in [0.2, 0.25) is 0 Å². The Hall–Kier alpha value is -3.79. The second-order valence-electron chi connectivity index (χ2n) is 9.22. The molecule has 1 aliphatic heterocycles. The molecule has 4 rings (SSSR count). The molecule has 8 nitrogen and oxygen atoms in total. The largest absolute Gasteiger partial charge is 0.493 e. The van der Waals surface area contributed by atoms with Crippen LogP contribution in [0.5, 0.6) is 11.5 Å². The van der Waals surface area contributed by atoms with E-state index >= 15 is 0 Å². The van der Waals surface area contributed by atoms with Gasteiger partial charge in [-0.15, -0.1) is 0 Å².